The van der Waals surface area contributed by atoms with Crippen LogP contribution in [0.2, 0.25) is 0 Å². The number of likely N-dealkylation sites (N-methyl/N-ethyl adjacent to an activating group) is 1. The summed E-state index contributed by atoms with van der Waals surface area (Å²) >= 11 is 0. The van der Waals surface area contributed by atoms with Gasteiger partial charge in [0.1, 0.15) is 12.4 Å². The molecule has 5 nitrogen and oxygen atoms in total. The van der Waals surface area contributed by atoms with Crippen LogP contribution >= 0.6 is 0 Å². The molecule has 0 bridgehead atoms. The van der Waals surface area contributed by atoms with Crippen LogP contribution in [-0.4, -0.2) is 29.9 Å². The molecule has 0 unspecified atom stereocenters. The lowest BCUT2D eigenvalue weighted by Gasteiger charge is -2.21. The van der Waals surface area contributed by atoms with Crippen molar-refractivity contribution < 1.29 is 19.1 Å². The van der Waals surface area contributed by atoms with E-state index in [2.05, 4.69) is 0 Å². The fourth-order valence-electron chi connectivity index (χ4n) is 3.00. The number of amides is 1. The molecule has 3 rings (SSSR count). The highest BCUT2D eigenvalue weighted by Crippen LogP contribution is 2.16. The topological polar surface area (TPSA) is 55.8 Å². The fraction of sp³-hybridized carbons (Fsp3) is 0.200. The van der Waals surface area contributed by atoms with Gasteiger partial charge in [0, 0.05) is 18.7 Å². The Labute approximate surface area is 176 Å². The van der Waals surface area contributed by atoms with E-state index in [-0.39, 0.29) is 19.1 Å². The second-order valence-corrected chi connectivity index (χ2v) is 6.73. The van der Waals surface area contributed by atoms with E-state index in [1.165, 1.54) is 0 Å². The van der Waals surface area contributed by atoms with E-state index in [0.717, 1.165) is 11.3 Å². The Kier molecular flexibility index (Phi) is 7.61. The van der Waals surface area contributed by atoms with Crippen molar-refractivity contribution >= 4 is 11.9 Å². The normalized spacial score (nSPS) is 10.3. The first-order valence-corrected chi connectivity index (χ1v) is 9.92. The molecule has 3 aromatic carbocycles. The van der Waals surface area contributed by atoms with Gasteiger partial charge < -0.3 is 14.4 Å². The molecule has 0 aromatic heterocycles. The maximum absolute atomic E-state index is 12.6. The molecule has 0 saturated carbocycles. The van der Waals surface area contributed by atoms with Crippen LogP contribution in [0.15, 0.2) is 84.9 Å². The lowest BCUT2D eigenvalue weighted by molar-refractivity contribution is -0.134. The number of carbonyl (C=O) groups is 2. The standard InChI is InChI=1S/C25H25NO4/c1-2-26(17-20-11-5-3-6-12-20)24(27)19-30-25(28)23-16-10-9-13-21(23)18-29-22-14-7-4-8-15-22/h3-16H,2,17-19H2,1H3. The minimum atomic E-state index is -0.536. The largest absolute Gasteiger partial charge is 0.489 e. The van der Waals surface area contributed by atoms with Gasteiger partial charge in [-0.15, -0.1) is 0 Å². The van der Waals surface area contributed by atoms with Crippen molar-refractivity contribution in [3.8, 4) is 5.75 Å². The summed E-state index contributed by atoms with van der Waals surface area (Å²) in [6.07, 6.45) is 0. The second-order valence-electron chi connectivity index (χ2n) is 6.73. The minimum Gasteiger partial charge on any atom is -0.489 e. The van der Waals surface area contributed by atoms with Crippen molar-refractivity contribution in [3.63, 3.8) is 0 Å². The van der Waals surface area contributed by atoms with Crippen molar-refractivity contribution in [2.45, 2.75) is 20.1 Å². The predicted molar refractivity (Wildman–Crippen MR) is 115 cm³/mol. The summed E-state index contributed by atoms with van der Waals surface area (Å²) in [4.78, 5) is 26.8. The van der Waals surface area contributed by atoms with Crippen molar-refractivity contribution in [1.29, 1.82) is 0 Å². The van der Waals surface area contributed by atoms with E-state index in [1.54, 1.807) is 17.0 Å². The number of hydrogen-bond acceptors (Lipinski definition) is 4. The van der Waals surface area contributed by atoms with Gasteiger partial charge in [-0.25, -0.2) is 4.79 Å². The van der Waals surface area contributed by atoms with E-state index in [1.807, 2.05) is 79.7 Å². The average Bonchev–Trinajstić information content (AvgIpc) is 2.81. The van der Waals surface area contributed by atoms with E-state index in [0.29, 0.717) is 24.2 Å². The van der Waals surface area contributed by atoms with Crippen LogP contribution < -0.4 is 4.74 Å². The maximum atomic E-state index is 12.6. The highest BCUT2D eigenvalue weighted by molar-refractivity contribution is 5.92. The first-order valence-electron chi connectivity index (χ1n) is 9.92. The Hall–Kier alpha value is -3.60. The molecule has 0 fully saturated rings. The summed E-state index contributed by atoms with van der Waals surface area (Å²) in [6.45, 7) is 2.85. The average molecular weight is 403 g/mol. The number of para-hydroxylation sites is 1. The van der Waals surface area contributed by atoms with E-state index >= 15 is 0 Å². The molecule has 0 radical (unpaired) electrons. The van der Waals surface area contributed by atoms with Gasteiger partial charge in [0.2, 0.25) is 0 Å². The van der Waals surface area contributed by atoms with Crippen molar-refractivity contribution in [3.05, 3.63) is 102 Å². The molecule has 0 saturated heterocycles. The van der Waals surface area contributed by atoms with Crippen LogP contribution in [0.4, 0.5) is 0 Å². The van der Waals surface area contributed by atoms with Gasteiger partial charge >= 0.3 is 5.97 Å². The van der Waals surface area contributed by atoms with E-state index < -0.39 is 5.97 Å². The minimum absolute atomic E-state index is 0.229. The number of esters is 1. The molecule has 1 amide bonds. The molecule has 0 spiro atoms. The first-order chi connectivity index (χ1) is 14.7. The van der Waals surface area contributed by atoms with Crippen molar-refractivity contribution in [2.24, 2.45) is 0 Å². The van der Waals surface area contributed by atoms with Gasteiger partial charge in [0.15, 0.2) is 6.61 Å². The zero-order chi connectivity index (χ0) is 21.2. The summed E-state index contributed by atoms with van der Waals surface area (Å²) in [7, 11) is 0. The van der Waals surface area contributed by atoms with Gasteiger partial charge in [0.05, 0.1) is 5.56 Å². The monoisotopic (exact) mass is 403 g/mol. The molecule has 0 aliphatic carbocycles. The van der Waals surface area contributed by atoms with Gasteiger partial charge in [0.25, 0.3) is 5.91 Å². The van der Waals surface area contributed by atoms with Crippen LogP contribution in [0.3, 0.4) is 0 Å². The Morgan fingerprint density at radius 2 is 1.47 bits per heavy atom. The third kappa shape index (κ3) is 5.95. The molecule has 0 heterocycles. The molecular formula is C25H25NO4. The Balaban J connectivity index is 1.58. The Morgan fingerprint density at radius 1 is 0.833 bits per heavy atom. The maximum Gasteiger partial charge on any atom is 0.339 e. The highest BCUT2D eigenvalue weighted by Gasteiger charge is 2.17. The summed E-state index contributed by atoms with van der Waals surface area (Å²) in [5, 5.41) is 0. The number of benzene rings is 3. The predicted octanol–water partition coefficient (Wildman–Crippen LogP) is 4.47. The van der Waals surface area contributed by atoms with Crippen LogP contribution in [0.1, 0.15) is 28.4 Å². The second kappa shape index (κ2) is 10.8. The molecule has 154 valence electrons. The lowest BCUT2D eigenvalue weighted by atomic mass is 10.1. The molecular weight excluding hydrogens is 378 g/mol. The third-order valence-electron chi connectivity index (χ3n) is 4.65. The van der Waals surface area contributed by atoms with Gasteiger partial charge in [-0.3, -0.25) is 4.79 Å². The number of carbonyl (C=O) groups excluding carboxylic acids is 2. The summed E-state index contributed by atoms with van der Waals surface area (Å²) in [5.41, 5.74) is 2.13. The van der Waals surface area contributed by atoms with Crippen LogP contribution in [0, 0.1) is 0 Å². The molecule has 3 aromatic rings. The number of hydrogen-bond donors (Lipinski definition) is 0. The van der Waals surface area contributed by atoms with Crippen molar-refractivity contribution in [2.75, 3.05) is 13.2 Å². The van der Waals surface area contributed by atoms with Crippen molar-refractivity contribution in [1.82, 2.24) is 4.90 Å². The summed E-state index contributed by atoms with van der Waals surface area (Å²) in [5.74, 6) is -0.0468. The lowest BCUT2D eigenvalue weighted by Crippen LogP contribution is -2.34. The first kappa shape index (κ1) is 21.1. The molecule has 0 N–H and O–H groups in total. The molecule has 0 aliphatic rings. The van der Waals surface area contributed by atoms with Gasteiger partial charge in [-0.2, -0.15) is 0 Å². The summed E-state index contributed by atoms with van der Waals surface area (Å²) in [6, 6.07) is 26.2. The molecule has 5 heteroatoms. The van der Waals surface area contributed by atoms with E-state index in [4.69, 9.17) is 9.47 Å². The van der Waals surface area contributed by atoms with E-state index in [9.17, 15) is 9.59 Å². The zero-order valence-electron chi connectivity index (χ0n) is 17.0. The SMILES string of the molecule is CCN(Cc1ccccc1)C(=O)COC(=O)c1ccccc1COc1ccccc1. The van der Waals surface area contributed by atoms with Crippen LogP contribution in [-0.2, 0) is 22.7 Å². The Morgan fingerprint density at radius 3 is 2.17 bits per heavy atom. The third-order valence-corrected chi connectivity index (χ3v) is 4.65. The van der Waals surface area contributed by atoms with Gasteiger partial charge in [-0.05, 0) is 30.7 Å². The molecule has 0 aliphatic heterocycles. The number of rotatable bonds is 9. The Bertz CT molecular complexity index is 957. The smallest absolute Gasteiger partial charge is 0.339 e. The zero-order valence-corrected chi connectivity index (χ0v) is 17.0. The number of nitrogens with zero attached hydrogens (tertiary/aromatic N) is 1. The fourth-order valence-corrected chi connectivity index (χ4v) is 3.00. The molecule has 0 atom stereocenters. The van der Waals surface area contributed by atoms with Gasteiger partial charge in [-0.1, -0.05) is 66.7 Å². The quantitative estimate of drug-likeness (QED) is 0.495. The molecule has 30 heavy (non-hydrogen) atoms. The highest BCUT2D eigenvalue weighted by atomic mass is 16.5. The van der Waals surface area contributed by atoms with Crippen LogP contribution in [0.5, 0.6) is 5.75 Å². The van der Waals surface area contributed by atoms with Crippen LogP contribution in [0.25, 0.3) is 0 Å². The summed E-state index contributed by atoms with van der Waals surface area (Å²) < 4.78 is 11.1. The number of ether oxygens (including phenoxy) is 2.